The lowest BCUT2D eigenvalue weighted by molar-refractivity contribution is 0.270. The van der Waals surface area contributed by atoms with Gasteiger partial charge in [0.15, 0.2) is 0 Å². The normalized spacial score (nSPS) is 30.1. The van der Waals surface area contributed by atoms with Crippen LogP contribution in [0.2, 0.25) is 5.15 Å². The van der Waals surface area contributed by atoms with Crippen LogP contribution in [0, 0.1) is 5.92 Å². The van der Waals surface area contributed by atoms with Gasteiger partial charge in [-0.3, -0.25) is 0 Å². The van der Waals surface area contributed by atoms with Crippen molar-refractivity contribution in [1.82, 2.24) is 4.98 Å². The van der Waals surface area contributed by atoms with Gasteiger partial charge in [-0.2, -0.15) is 0 Å². The molecule has 0 radical (unpaired) electrons. The van der Waals surface area contributed by atoms with Crippen LogP contribution in [0.3, 0.4) is 0 Å². The van der Waals surface area contributed by atoms with E-state index in [9.17, 15) is 0 Å². The predicted molar refractivity (Wildman–Crippen MR) is 55.4 cm³/mol. The minimum atomic E-state index is -0.125. The van der Waals surface area contributed by atoms with Gasteiger partial charge in [0.25, 0.3) is 0 Å². The quantitative estimate of drug-likeness (QED) is 0.778. The standard InChI is InChI=1S/C10H13ClN2O/c1-7-4-10(7,12)6-14-8-2-3-9(11)13-5-8/h2-3,5,7H,4,6,12H2,1H3/t7-,10+/m0/s1. The third-order valence-corrected chi connectivity index (χ3v) is 2.94. The number of nitrogens with two attached hydrogens (primary N) is 1. The fourth-order valence-electron chi connectivity index (χ4n) is 1.38. The molecule has 0 aliphatic heterocycles. The summed E-state index contributed by atoms with van der Waals surface area (Å²) in [5.74, 6) is 1.28. The molecule has 1 fully saturated rings. The molecule has 0 aromatic carbocycles. The number of halogens is 1. The molecule has 1 aliphatic rings. The summed E-state index contributed by atoms with van der Waals surface area (Å²) in [6, 6.07) is 3.50. The van der Waals surface area contributed by atoms with Gasteiger partial charge in [-0.25, -0.2) is 4.98 Å². The molecule has 1 aromatic heterocycles. The second-order valence-corrected chi connectivity index (χ2v) is 4.33. The maximum Gasteiger partial charge on any atom is 0.137 e. The molecule has 0 unspecified atom stereocenters. The number of pyridine rings is 1. The van der Waals surface area contributed by atoms with E-state index in [1.165, 1.54) is 0 Å². The van der Waals surface area contributed by atoms with Crippen molar-refractivity contribution in [2.24, 2.45) is 11.7 Å². The zero-order valence-corrected chi connectivity index (χ0v) is 8.79. The van der Waals surface area contributed by atoms with Crippen LogP contribution in [0.5, 0.6) is 5.75 Å². The number of hydrogen-bond donors (Lipinski definition) is 1. The summed E-state index contributed by atoms with van der Waals surface area (Å²) in [7, 11) is 0. The van der Waals surface area contributed by atoms with E-state index < -0.39 is 0 Å². The first kappa shape index (κ1) is 9.74. The zero-order chi connectivity index (χ0) is 10.2. The van der Waals surface area contributed by atoms with Crippen molar-refractivity contribution < 1.29 is 4.74 Å². The zero-order valence-electron chi connectivity index (χ0n) is 8.03. The lowest BCUT2D eigenvalue weighted by atomic mass is 10.2. The van der Waals surface area contributed by atoms with E-state index in [1.54, 1.807) is 18.3 Å². The fraction of sp³-hybridized carbons (Fsp3) is 0.500. The first-order valence-corrected chi connectivity index (χ1v) is 5.01. The smallest absolute Gasteiger partial charge is 0.137 e. The van der Waals surface area contributed by atoms with E-state index in [0.717, 1.165) is 12.2 Å². The van der Waals surface area contributed by atoms with Crippen LogP contribution in [0.1, 0.15) is 13.3 Å². The Morgan fingerprint density at radius 1 is 1.71 bits per heavy atom. The summed E-state index contributed by atoms with van der Waals surface area (Å²) in [5, 5.41) is 0.472. The molecule has 0 spiro atoms. The Labute approximate surface area is 88.2 Å². The first-order valence-electron chi connectivity index (χ1n) is 4.63. The minimum Gasteiger partial charge on any atom is -0.490 e. The van der Waals surface area contributed by atoms with Crippen molar-refractivity contribution in [1.29, 1.82) is 0 Å². The summed E-state index contributed by atoms with van der Waals surface area (Å²) in [6.07, 6.45) is 2.65. The highest BCUT2D eigenvalue weighted by molar-refractivity contribution is 6.29. The molecule has 0 bridgehead atoms. The van der Waals surface area contributed by atoms with E-state index in [4.69, 9.17) is 22.1 Å². The van der Waals surface area contributed by atoms with E-state index in [1.807, 2.05) is 0 Å². The van der Waals surface area contributed by atoms with E-state index in [-0.39, 0.29) is 5.54 Å². The van der Waals surface area contributed by atoms with Crippen molar-refractivity contribution in [3.05, 3.63) is 23.5 Å². The number of ether oxygens (including phenoxy) is 1. The van der Waals surface area contributed by atoms with Crippen molar-refractivity contribution in [2.45, 2.75) is 18.9 Å². The van der Waals surface area contributed by atoms with Crippen LogP contribution in [0.4, 0.5) is 0 Å². The molecule has 2 rings (SSSR count). The highest BCUT2D eigenvalue weighted by Gasteiger charge is 2.48. The van der Waals surface area contributed by atoms with Crippen molar-refractivity contribution in [3.8, 4) is 5.75 Å². The van der Waals surface area contributed by atoms with Crippen LogP contribution in [0.25, 0.3) is 0 Å². The Morgan fingerprint density at radius 3 is 2.93 bits per heavy atom. The molecule has 0 saturated heterocycles. The lowest BCUT2D eigenvalue weighted by Gasteiger charge is -2.11. The monoisotopic (exact) mass is 212 g/mol. The molecule has 1 heterocycles. The van der Waals surface area contributed by atoms with Gasteiger partial charge in [-0.15, -0.1) is 0 Å². The Bertz CT molecular complexity index is 327. The van der Waals surface area contributed by atoms with Gasteiger partial charge in [0, 0.05) is 0 Å². The molecule has 3 nitrogen and oxygen atoms in total. The average Bonchev–Trinajstić information content (AvgIpc) is 2.74. The minimum absolute atomic E-state index is 0.125. The van der Waals surface area contributed by atoms with Crippen molar-refractivity contribution in [3.63, 3.8) is 0 Å². The maximum atomic E-state index is 6.00. The third kappa shape index (κ3) is 1.99. The Kier molecular flexibility index (Phi) is 2.37. The largest absolute Gasteiger partial charge is 0.490 e. The Balaban J connectivity index is 1.89. The molecule has 76 valence electrons. The first-order chi connectivity index (χ1) is 6.60. The van der Waals surface area contributed by atoms with Crippen molar-refractivity contribution >= 4 is 11.6 Å². The van der Waals surface area contributed by atoms with Gasteiger partial charge in [0.2, 0.25) is 0 Å². The SMILES string of the molecule is C[C@H]1C[C@@]1(N)COc1ccc(Cl)nc1. The Morgan fingerprint density at radius 2 is 2.43 bits per heavy atom. The molecule has 14 heavy (non-hydrogen) atoms. The number of aromatic nitrogens is 1. The average molecular weight is 213 g/mol. The summed E-state index contributed by atoms with van der Waals surface area (Å²) < 4.78 is 5.51. The molecule has 1 aliphatic carbocycles. The van der Waals surface area contributed by atoms with E-state index in [0.29, 0.717) is 17.7 Å². The van der Waals surface area contributed by atoms with Gasteiger partial charge in [0.1, 0.15) is 17.5 Å². The topological polar surface area (TPSA) is 48.1 Å². The van der Waals surface area contributed by atoms with Crippen LogP contribution < -0.4 is 10.5 Å². The molecule has 1 saturated carbocycles. The predicted octanol–water partition coefficient (Wildman–Crippen LogP) is 1.85. The van der Waals surface area contributed by atoms with Crippen molar-refractivity contribution in [2.75, 3.05) is 6.61 Å². The lowest BCUT2D eigenvalue weighted by Crippen LogP contribution is -2.32. The van der Waals surface area contributed by atoms with E-state index >= 15 is 0 Å². The van der Waals surface area contributed by atoms with Gasteiger partial charge < -0.3 is 10.5 Å². The number of hydrogen-bond acceptors (Lipinski definition) is 3. The van der Waals surface area contributed by atoms with Gasteiger partial charge in [0.05, 0.1) is 11.7 Å². The number of rotatable bonds is 3. The number of nitrogens with zero attached hydrogens (tertiary/aromatic N) is 1. The van der Waals surface area contributed by atoms with Crippen LogP contribution in [0.15, 0.2) is 18.3 Å². The van der Waals surface area contributed by atoms with Gasteiger partial charge in [-0.1, -0.05) is 18.5 Å². The van der Waals surface area contributed by atoms with Crippen LogP contribution >= 0.6 is 11.6 Å². The van der Waals surface area contributed by atoms with Crippen LogP contribution in [-0.2, 0) is 0 Å². The van der Waals surface area contributed by atoms with E-state index in [2.05, 4.69) is 11.9 Å². The second-order valence-electron chi connectivity index (χ2n) is 3.94. The molecule has 2 N–H and O–H groups in total. The summed E-state index contributed by atoms with van der Waals surface area (Å²) in [4.78, 5) is 3.92. The molecule has 2 atom stereocenters. The summed E-state index contributed by atoms with van der Waals surface area (Å²) in [6.45, 7) is 2.68. The van der Waals surface area contributed by atoms with Crippen LogP contribution in [-0.4, -0.2) is 17.1 Å². The molecular formula is C10H13ClN2O. The maximum absolute atomic E-state index is 6.00. The highest BCUT2D eigenvalue weighted by Crippen LogP contribution is 2.40. The van der Waals surface area contributed by atoms with Gasteiger partial charge in [-0.05, 0) is 24.5 Å². The summed E-state index contributed by atoms with van der Waals surface area (Å²) in [5.41, 5.74) is 5.87. The molecule has 4 heteroatoms. The molecule has 0 amide bonds. The highest BCUT2D eigenvalue weighted by atomic mass is 35.5. The third-order valence-electron chi connectivity index (χ3n) is 2.72. The fourth-order valence-corrected chi connectivity index (χ4v) is 1.49. The molecular weight excluding hydrogens is 200 g/mol. The summed E-state index contributed by atoms with van der Waals surface area (Å²) >= 11 is 5.65. The van der Waals surface area contributed by atoms with Gasteiger partial charge >= 0.3 is 0 Å². The molecule has 1 aromatic rings. The second kappa shape index (κ2) is 3.41. The Hall–Kier alpha value is -0.800.